The van der Waals surface area contributed by atoms with Crippen LogP contribution in [0.2, 0.25) is 0 Å². The van der Waals surface area contributed by atoms with Gasteiger partial charge in [0.1, 0.15) is 18.3 Å². The molecule has 2 saturated heterocycles. The van der Waals surface area contributed by atoms with Crippen LogP contribution in [0.25, 0.3) is 5.65 Å². The maximum Gasteiger partial charge on any atom is 0.410 e. The van der Waals surface area contributed by atoms with Crippen molar-refractivity contribution >= 4 is 23.8 Å². The van der Waals surface area contributed by atoms with Gasteiger partial charge >= 0.3 is 18.2 Å². The van der Waals surface area contributed by atoms with Crippen LogP contribution in [0.4, 0.5) is 15.5 Å². The fourth-order valence-electron chi connectivity index (χ4n) is 5.49. The minimum absolute atomic E-state index is 0.213. The van der Waals surface area contributed by atoms with Gasteiger partial charge in [0.25, 0.3) is 0 Å². The van der Waals surface area contributed by atoms with Crippen molar-refractivity contribution in [1.82, 2.24) is 29.4 Å². The number of anilines is 1. The molecule has 12 heteroatoms. The van der Waals surface area contributed by atoms with Gasteiger partial charge in [-0.15, -0.1) is 0 Å². The highest BCUT2D eigenvalue weighted by Gasteiger charge is 2.29. The average molecular weight is 608 g/mol. The summed E-state index contributed by atoms with van der Waals surface area (Å²) in [6.07, 6.45) is 4.26. The molecule has 2 aliphatic heterocycles. The summed E-state index contributed by atoms with van der Waals surface area (Å²) in [5.74, 6) is 1.13. The number of carbonyl (C=O) groups is 2. The monoisotopic (exact) mass is 607 g/mol. The summed E-state index contributed by atoms with van der Waals surface area (Å²) in [5.41, 5.74) is 2.14. The van der Waals surface area contributed by atoms with E-state index in [2.05, 4.69) is 24.3 Å². The number of hydrogen-bond donors (Lipinski definition) is 1. The molecular weight excluding hydrogens is 562 g/mol. The molecule has 44 heavy (non-hydrogen) atoms. The zero-order valence-electron chi connectivity index (χ0n) is 26.5. The lowest BCUT2D eigenvalue weighted by atomic mass is 9.97. The molecule has 4 heterocycles. The third-order valence-electron chi connectivity index (χ3n) is 7.93. The summed E-state index contributed by atoms with van der Waals surface area (Å²) < 4.78 is 19.1. The molecular formula is C32H45N7O5. The van der Waals surface area contributed by atoms with Gasteiger partial charge in [0.2, 0.25) is 5.95 Å². The topological polar surface area (TPSA) is 123 Å². The van der Waals surface area contributed by atoms with Crippen LogP contribution < -0.4 is 10.1 Å². The van der Waals surface area contributed by atoms with Crippen LogP contribution in [-0.2, 0) is 16.1 Å². The molecule has 0 aliphatic carbocycles. The molecule has 2 aromatic heterocycles. The molecule has 0 saturated carbocycles. The SMILES string of the molecule is CC(C)c1cnn2c(NCC3CCN(C(=O)OC(C)(C)C)CC3)nc(O[C@@H]3CCCN(C(=O)OCc4ccccc4)C3)nc12. The van der Waals surface area contributed by atoms with Crippen LogP contribution in [0, 0.1) is 5.92 Å². The number of nitrogens with one attached hydrogen (secondary N) is 1. The summed E-state index contributed by atoms with van der Waals surface area (Å²) >= 11 is 0. The first kappa shape index (κ1) is 31.3. The number of carbonyl (C=O) groups excluding carboxylic acids is 2. The summed E-state index contributed by atoms with van der Waals surface area (Å²) in [6.45, 7) is 13.1. The predicted octanol–water partition coefficient (Wildman–Crippen LogP) is 5.49. The van der Waals surface area contributed by atoms with Crippen molar-refractivity contribution in [2.75, 3.05) is 38.0 Å². The Hall–Kier alpha value is -4.09. The van der Waals surface area contributed by atoms with Crippen molar-refractivity contribution in [2.24, 2.45) is 5.92 Å². The molecule has 2 aliphatic rings. The summed E-state index contributed by atoms with van der Waals surface area (Å²) in [6, 6.07) is 9.91. The normalized spacial score (nSPS) is 18.0. The quantitative estimate of drug-likeness (QED) is 0.354. The van der Waals surface area contributed by atoms with E-state index in [4.69, 9.17) is 24.2 Å². The van der Waals surface area contributed by atoms with Crippen LogP contribution in [0.15, 0.2) is 36.5 Å². The van der Waals surface area contributed by atoms with Gasteiger partial charge in [0, 0.05) is 31.7 Å². The van der Waals surface area contributed by atoms with E-state index < -0.39 is 5.60 Å². The van der Waals surface area contributed by atoms with Crippen molar-refractivity contribution < 1.29 is 23.8 Å². The highest BCUT2D eigenvalue weighted by molar-refractivity contribution is 5.68. The maximum absolute atomic E-state index is 12.8. The molecule has 3 aromatic rings. The van der Waals surface area contributed by atoms with Crippen molar-refractivity contribution in [3.05, 3.63) is 47.7 Å². The van der Waals surface area contributed by atoms with Gasteiger partial charge in [0.15, 0.2) is 5.65 Å². The minimum atomic E-state index is -0.506. The second-order valence-corrected chi connectivity index (χ2v) is 13.0. The predicted molar refractivity (Wildman–Crippen MR) is 166 cm³/mol. The van der Waals surface area contributed by atoms with E-state index >= 15 is 0 Å². The molecule has 0 bridgehead atoms. The van der Waals surface area contributed by atoms with Crippen LogP contribution >= 0.6 is 0 Å². The largest absolute Gasteiger partial charge is 0.458 e. The number of benzene rings is 1. The molecule has 5 rings (SSSR count). The number of ether oxygens (including phenoxy) is 3. The van der Waals surface area contributed by atoms with Crippen molar-refractivity contribution in [1.29, 1.82) is 0 Å². The maximum atomic E-state index is 12.8. The number of piperidine rings is 2. The molecule has 2 amide bonds. The minimum Gasteiger partial charge on any atom is -0.458 e. The third kappa shape index (κ3) is 8.09. The van der Waals surface area contributed by atoms with Crippen molar-refractivity contribution in [2.45, 2.75) is 84.5 Å². The lowest BCUT2D eigenvalue weighted by molar-refractivity contribution is 0.0188. The van der Waals surface area contributed by atoms with Gasteiger partial charge in [-0.25, -0.2) is 9.59 Å². The first-order chi connectivity index (χ1) is 21.1. The Morgan fingerprint density at radius 2 is 1.75 bits per heavy atom. The molecule has 12 nitrogen and oxygen atoms in total. The number of aromatic nitrogens is 4. The van der Waals surface area contributed by atoms with Crippen LogP contribution in [0.1, 0.15) is 77.3 Å². The fourth-order valence-corrected chi connectivity index (χ4v) is 5.49. The number of amides is 2. The zero-order chi connectivity index (χ0) is 31.3. The van der Waals surface area contributed by atoms with E-state index in [1.165, 1.54) is 0 Å². The first-order valence-electron chi connectivity index (χ1n) is 15.7. The smallest absolute Gasteiger partial charge is 0.410 e. The molecule has 0 unspecified atom stereocenters. The van der Waals surface area contributed by atoms with E-state index in [9.17, 15) is 9.59 Å². The second-order valence-electron chi connectivity index (χ2n) is 13.0. The van der Waals surface area contributed by atoms with Gasteiger partial charge in [-0.3, -0.25) is 0 Å². The van der Waals surface area contributed by atoms with Gasteiger partial charge in [0.05, 0.1) is 12.7 Å². The fraction of sp³-hybridized carbons (Fsp3) is 0.594. The van der Waals surface area contributed by atoms with Crippen molar-refractivity contribution in [3.8, 4) is 6.01 Å². The Labute approximate surface area is 259 Å². The van der Waals surface area contributed by atoms with Gasteiger partial charge in [-0.1, -0.05) is 44.2 Å². The molecule has 1 atom stereocenters. The highest BCUT2D eigenvalue weighted by atomic mass is 16.6. The summed E-state index contributed by atoms with van der Waals surface area (Å²) in [5, 5.41) is 8.06. The molecule has 1 N–H and O–H groups in total. The summed E-state index contributed by atoms with van der Waals surface area (Å²) in [7, 11) is 0. The number of rotatable bonds is 8. The lowest BCUT2D eigenvalue weighted by Gasteiger charge is -2.33. The third-order valence-corrected chi connectivity index (χ3v) is 7.93. The summed E-state index contributed by atoms with van der Waals surface area (Å²) in [4.78, 5) is 38.2. The Balaban J connectivity index is 1.22. The highest BCUT2D eigenvalue weighted by Crippen LogP contribution is 2.26. The number of nitrogens with zero attached hydrogens (tertiary/aromatic N) is 6. The molecule has 1 aromatic carbocycles. The Bertz CT molecular complexity index is 1410. The Kier molecular flexibility index (Phi) is 9.75. The van der Waals surface area contributed by atoms with E-state index in [-0.39, 0.29) is 36.8 Å². The number of fused-ring (bicyclic) bond motifs is 1. The number of likely N-dealkylation sites (tertiary alicyclic amines) is 2. The average Bonchev–Trinajstić information content (AvgIpc) is 3.43. The van der Waals surface area contributed by atoms with Gasteiger partial charge < -0.3 is 29.3 Å². The standard InChI is InChI=1S/C32H45N7O5/c1-22(2)26-19-34-39-27(26)35-29(36-28(39)33-18-23-13-16-37(17-14-23)31(41)44-32(3,4)5)43-25-12-9-15-38(20-25)30(40)42-21-24-10-7-6-8-11-24/h6-8,10-11,19,22-23,25H,9,12-18,20-21H2,1-5H3,(H,33,35,36)/t25-/m1/s1. The second kappa shape index (κ2) is 13.7. The van der Waals surface area contributed by atoms with Crippen LogP contribution in [0.3, 0.4) is 0 Å². The molecule has 0 radical (unpaired) electrons. The van der Waals surface area contributed by atoms with E-state index in [0.717, 1.165) is 36.8 Å². The molecule has 238 valence electrons. The van der Waals surface area contributed by atoms with Crippen LogP contribution in [0.5, 0.6) is 6.01 Å². The molecule has 2 fully saturated rings. The lowest BCUT2D eigenvalue weighted by Crippen LogP contribution is -2.44. The van der Waals surface area contributed by atoms with Gasteiger partial charge in [-0.2, -0.15) is 19.6 Å². The Morgan fingerprint density at radius 1 is 1.00 bits per heavy atom. The first-order valence-corrected chi connectivity index (χ1v) is 15.7. The van der Waals surface area contributed by atoms with Crippen LogP contribution in [-0.4, -0.2) is 86.0 Å². The van der Waals surface area contributed by atoms with Crippen molar-refractivity contribution in [3.63, 3.8) is 0 Å². The van der Waals surface area contributed by atoms with E-state index in [0.29, 0.717) is 50.2 Å². The molecule has 0 spiro atoms. The zero-order valence-corrected chi connectivity index (χ0v) is 26.5. The number of hydrogen-bond acceptors (Lipinski definition) is 9. The van der Waals surface area contributed by atoms with Gasteiger partial charge in [-0.05, 0) is 63.9 Å². The van der Waals surface area contributed by atoms with E-state index in [1.54, 1.807) is 14.3 Å². The van der Waals surface area contributed by atoms with E-state index in [1.807, 2.05) is 57.3 Å². The Morgan fingerprint density at radius 3 is 2.45 bits per heavy atom.